The summed E-state index contributed by atoms with van der Waals surface area (Å²) in [4.78, 5) is 29.0. The number of pyridine rings is 1. The van der Waals surface area contributed by atoms with Crippen molar-refractivity contribution in [3.63, 3.8) is 0 Å². The van der Waals surface area contributed by atoms with Gasteiger partial charge < -0.3 is 5.32 Å². The van der Waals surface area contributed by atoms with Crippen LogP contribution in [0.2, 0.25) is 0 Å². The van der Waals surface area contributed by atoms with E-state index in [0.717, 1.165) is 17.5 Å². The highest BCUT2D eigenvalue weighted by Crippen LogP contribution is 2.36. The molecule has 1 saturated carbocycles. The molecule has 1 aliphatic carbocycles. The number of hydrogen-bond acceptors (Lipinski definition) is 4. The van der Waals surface area contributed by atoms with E-state index < -0.39 is 11.7 Å². The minimum Gasteiger partial charge on any atom is -0.322 e. The molecule has 3 aromatic rings. The van der Waals surface area contributed by atoms with Gasteiger partial charge >= 0.3 is 5.69 Å². The summed E-state index contributed by atoms with van der Waals surface area (Å²) in [6.45, 7) is -0.292. The molecular formula is C18H16FN5O2. The number of benzene rings is 1. The molecule has 0 unspecified atom stereocenters. The number of anilines is 1. The van der Waals surface area contributed by atoms with Gasteiger partial charge in [-0.25, -0.2) is 13.9 Å². The Bertz CT molecular complexity index is 1010. The molecule has 0 radical (unpaired) electrons. The zero-order valence-electron chi connectivity index (χ0n) is 13.8. The first-order chi connectivity index (χ1) is 12.6. The lowest BCUT2D eigenvalue weighted by atomic mass is 10.3. The van der Waals surface area contributed by atoms with Crippen molar-refractivity contribution in [2.24, 2.45) is 0 Å². The highest BCUT2D eigenvalue weighted by Gasteiger charge is 2.30. The van der Waals surface area contributed by atoms with Gasteiger partial charge in [-0.15, -0.1) is 5.10 Å². The summed E-state index contributed by atoms with van der Waals surface area (Å²) in [5.41, 5.74) is 0.430. The van der Waals surface area contributed by atoms with Crippen molar-refractivity contribution in [3.05, 3.63) is 65.1 Å². The second-order valence-corrected chi connectivity index (χ2v) is 6.13. The molecule has 1 aromatic carbocycles. The molecule has 8 heteroatoms. The average molecular weight is 353 g/mol. The number of rotatable bonds is 5. The summed E-state index contributed by atoms with van der Waals surface area (Å²) in [5.74, 6) is -0.563. The van der Waals surface area contributed by atoms with E-state index in [1.165, 1.54) is 18.2 Å². The minimum absolute atomic E-state index is 0.0691. The number of aromatic nitrogens is 4. The number of carbonyl (C=O) groups excluding carboxylic acids is 1. The Kier molecular flexibility index (Phi) is 4.08. The molecule has 132 valence electrons. The first-order valence-electron chi connectivity index (χ1n) is 8.27. The molecule has 7 nitrogen and oxygen atoms in total. The smallest absolute Gasteiger partial charge is 0.322 e. The standard InChI is InChI=1S/C18H16FN5O2/c19-14-5-1-2-6-15(14)21-16(25)11-23-18(26)24(13-7-8-13)17(22-23)12-4-3-9-20-10-12/h1-6,9-10,13H,7-8,11H2,(H,21,25). The molecule has 26 heavy (non-hydrogen) atoms. The van der Waals surface area contributed by atoms with E-state index in [1.54, 1.807) is 29.1 Å². The Labute approximate surface area is 148 Å². The van der Waals surface area contributed by atoms with Gasteiger partial charge in [0.15, 0.2) is 5.82 Å². The molecule has 1 N–H and O–H groups in total. The molecule has 0 saturated heterocycles. The highest BCUT2D eigenvalue weighted by molar-refractivity contribution is 5.90. The number of nitrogens with zero attached hydrogens (tertiary/aromatic N) is 4. The molecule has 0 bridgehead atoms. The van der Waals surface area contributed by atoms with Crippen molar-refractivity contribution in [1.82, 2.24) is 19.3 Å². The molecule has 1 aliphatic rings. The third kappa shape index (κ3) is 3.13. The second kappa shape index (κ2) is 6.55. The van der Waals surface area contributed by atoms with Gasteiger partial charge in [0.05, 0.1) is 5.69 Å². The number of carbonyl (C=O) groups is 1. The van der Waals surface area contributed by atoms with Crippen LogP contribution in [-0.2, 0) is 11.3 Å². The van der Waals surface area contributed by atoms with Gasteiger partial charge in [-0.2, -0.15) is 0 Å². The Morgan fingerprint density at radius 3 is 2.73 bits per heavy atom. The van der Waals surface area contributed by atoms with E-state index in [0.29, 0.717) is 11.4 Å². The third-order valence-electron chi connectivity index (χ3n) is 4.14. The van der Waals surface area contributed by atoms with Crippen LogP contribution >= 0.6 is 0 Å². The molecule has 0 spiro atoms. The second-order valence-electron chi connectivity index (χ2n) is 6.13. The Morgan fingerprint density at radius 2 is 2.04 bits per heavy atom. The van der Waals surface area contributed by atoms with Crippen LogP contribution in [0.25, 0.3) is 11.4 Å². The molecule has 1 fully saturated rings. The molecule has 4 rings (SSSR count). The maximum Gasteiger partial charge on any atom is 0.346 e. The van der Waals surface area contributed by atoms with Gasteiger partial charge in [-0.1, -0.05) is 12.1 Å². The zero-order valence-corrected chi connectivity index (χ0v) is 13.8. The first-order valence-corrected chi connectivity index (χ1v) is 8.27. The number of para-hydroxylation sites is 1. The molecule has 1 amide bonds. The van der Waals surface area contributed by atoms with E-state index in [-0.39, 0.29) is 24.0 Å². The maximum absolute atomic E-state index is 13.7. The van der Waals surface area contributed by atoms with Gasteiger partial charge in [0, 0.05) is 24.0 Å². The van der Waals surface area contributed by atoms with Gasteiger partial charge in [-0.3, -0.25) is 14.3 Å². The summed E-state index contributed by atoms with van der Waals surface area (Å²) in [5, 5.41) is 6.78. The Balaban J connectivity index is 1.62. The molecule has 0 atom stereocenters. The average Bonchev–Trinajstić information content (AvgIpc) is 3.43. The van der Waals surface area contributed by atoms with Crippen molar-refractivity contribution in [2.45, 2.75) is 25.4 Å². The van der Waals surface area contributed by atoms with Crippen LogP contribution in [0.5, 0.6) is 0 Å². The predicted octanol–water partition coefficient (Wildman–Crippen LogP) is 2.22. The highest BCUT2D eigenvalue weighted by atomic mass is 19.1. The van der Waals surface area contributed by atoms with Crippen LogP contribution < -0.4 is 11.0 Å². The number of nitrogens with one attached hydrogen (secondary N) is 1. The predicted molar refractivity (Wildman–Crippen MR) is 93.0 cm³/mol. The molecule has 0 aliphatic heterocycles. The van der Waals surface area contributed by atoms with Crippen LogP contribution in [0.15, 0.2) is 53.6 Å². The number of hydrogen-bond donors (Lipinski definition) is 1. The number of amides is 1. The van der Waals surface area contributed by atoms with E-state index >= 15 is 0 Å². The van der Waals surface area contributed by atoms with E-state index in [1.807, 2.05) is 6.07 Å². The van der Waals surface area contributed by atoms with Crippen molar-refractivity contribution < 1.29 is 9.18 Å². The van der Waals surface area contributed by atoms with Crippen molar-refractivity contribution >= 4 is 11.6 Å². The minimum atomic E-state index is -0.534. The van der Waals surface area contributed by atoms with Crippen molar-refractivity contribution in [2.75, 3.05) is 5.32 Å². The fourth-order valence-electron chi connectivity index (χ4n) is 2.77. The van der Waals surface area contributed by atoms with Crippen molar-refractivity contribution in [3.8, 4) is 11.4 Å². The molecule has 2 aromatic heterocycles. The summed E-state index contributed by atoms with van der Waals surface area (Å²) in [6, 6.07) is 9.55. The first kappa shape index (κ1) is 16.2. The van der Waals surface area contributed by atoms with E-state index in [4.69, 9.17) is 0 Å². The lowest BCUT2D eigenvalue weighted by Crippen LogP contribution is -2.30. The van der Waals surface area contributed by atoms with Gasteiger partial charge in [0.2, 0.25) is 5.91 Å². The van der Waals surface area contributed by atoms with Crippen LogP contribution in [0, 0.1) is 5.82 Å². The monoisotopic (exact) mass is 353 g/mol. The fraction of sp³-hybridized carbons (Fsp3) is 0.222. The summed E-state index contributed by atoms with van der Waals surface area (Å²) < 4.78 is 16.4. The fourth-order valence-corrected chi connectivity index (χ4v) is 2.77. The topological polar surface area (TPSA) is 81.8 Å². The third-order valence-corrected chi connectivity index (χ3v) is 4.14. The Hall–Kier alpha value is -3.29. The normalized spacial score (nSPS) is 13.6. The summed E-state index contributed by atoms with van der Waals surface area (Å²) in [6.07, 6.45) is 5.08. The van der Waals surface area contributed by atoms with Crippen LogP contribution in [0.4, 0.5) is 10.1 Å². The molecular weight excluding hydrogens is 337 g/mol. The SMILES string of the molecule is O=C(Cn1nc(-c2cccnc2)n(C2CC2)c1=O)Nc1ccccc1F. The van der Waals surface area contributed by atoms with Gasteiger partial charge in [-0.05, 0) is 37.1 Å². The zero-order chi connectivity index (χ0) is 18.1. The van der Waals surface area contributed by atoms with Gasteiger partial charge in [0.1, 0.15) is 12.4 Å². The quantitative estimate of drug-likeness (QED) is 0.762. The largest absolute Gasteiger partial charge is 0.346 e. The van der Waals surface area contributed by atoms with Crippen LogP contribution in [0.3, 0.4) is 0 Å². The van der Waals surface area contributed by atoms with E-state index in [2.05, 4.69) is 15.4 Å². The number of halogens is 1. The lowest BCUT2D eigenvalue weighted by Gasteiger charge is -2.05. The van der Waals surface area contributed by atoms with Crippen LogP contribution in [0.1, 0.15) is 18.9 Å². The van der Waals surface area contributed by atoms with Crippen molar-refractivity contribution in [1.29, 1.82) is 0 Å². The Morgan fingerprint density at radius 1 is 1.23 bits per heavy atom. The maximum atomic E-state index is 13.7. The summed E-state index contributed by atoms with van der Waals surface area (Å²) >= 11 is 0. The lowest BCUT2D eigenvalue weighted by molar-refractivity contribution is -0.117. The summed E-state index contributed by atoms with van der Waals surface area (Å²) in [7, 11) is 0. The van der Waals surface area contributed by atoms with E-state index in [9.17, 15) is 14.0 Å². The van der Waals surface area contributed by atoms with Crippen LogP contribution in [-0.4, -0.2) is 25.2 Å². The van der Waals surface area contributed by atoms with Gasteiger partial charge in [0.25, 0.3) is 0 Å². The molecule has 2 heterocycles.